The highest BCUT2D eigenvalue weighted by molar-refractivity contribution is 5.72. The van der Waals surface area contributed by atoms with Crippen molar-refractivity contribution in [3.63, 3.8) is 0 Å². The van der Waals surface area contributed by atoms with Gasteiger partial charge in [-0.15, -0.1) is 0 Å². The first kappa shape index (κ1) is 31.0. The maximum atomic E-state index is 13.1. The molecule has 1 N–H and O–H groups in total. The molecule has 0 spiro atoms. The van der Waals surface area contributed by atoms with E-state index >= 15 is 0 Å². The highest BCUT2D eigenvalue weighted by Crippen LogP contribution is 2.20. The van der Waals surface area contributed by atoms with Crippen molar-refractivity contribution < 1.29 is 42.1 Å². The van der Waals surface area contributed by atoms with Gasteiger partial charge in [0.25, 0.3) is 0 Å². The van der Waals surface area contributed by atoms with Crippen LogP contribution in [-0.2, 0) is 27.3 Å². The van der Waals surface area contributed by atoms with Gasteiger partial charge in [-0.25, -0.2) is 22.8 Å². The minimum absolute atomic E-state index is 0.0287. The Morgan fingerprint density at radius 3 is 2.24 bits per heavy atom. The molecule has 1 atom stereocenters. The van der Waals surface area contributed by atoms with Gasteiger partial charge in [0.1, 0.15) is 24.8 Å². The summed E-state index contributed by atoms with van der Waals surface area (Å²) >= 11 is 0. The Balaban J connectivity index is 1.88. The zero-order valence-corrected chi connectivity index (χ0v) is 21.8. The number of hydrogen-bond acceptors (Lipinski definition) is 5. The number of amides is 1. The molecule has 2 aromatic rings. The number of benzene rings is 2. The SMILES string of the molecule is CCOC(Cc1ccc(OCCN(CCCCCC(C)(F)F)C(=O)OCc2ccc(F)cc2)cc1)C(=O)O. The minimum atomic E-state index is -2.71. The van der Waals surface area contributed by atoms with Gasteiger partial charge in [-0.2, -0.15) is 0 Å². The molecular formula is C28H36F3NO6. The molecular weight excluding hydrogens is 503 g/mol. The fraction of sp³-hybridized carbons (Fsp3) is 0.500. The third-order valence-corrected chi connectivity index (χ3v) is 5.70. The summed E-state index contributed by atoms with van der Waals surface area (Å²) in [6.07, 6.45) is -0.0840. The van der Waals surface area contributed by atoms with Crippen LogP contribution in [0.5, 0.6) is 5.75 Å². The Bertz CT molecular complexity index is 980. The number of carboxylic acid groups (broad SMARTS) is 1. The predicted molar refractivity (Wildman–Crippen MR) is 136 cm³/mol. The summed E-state index contributed by atoms with van der Waals surface area (Å²) in [4.78, 5) is 25.4. The fourth-order valence-corrected chi connectivity index (χ4v) is 3.65. The molecule has 0 aromatic heterocycles. The van der Waals surface area contributed by atoms with Crippen LogP contribution in [-0.4, -0.2) is 60.4 Å². The number of ether oxygens (including phenoxy) is 3. The van der Waals surface area contributed by atoms with Gasteiger partial charge in [-0.05, 0) is 62.1 Å². The summed E-state index contributed by atoms with van der Waals surface area (Å²) in [6.45, 7) is 3.57. The van der Waals surface area contributed by atoms with Crippen LogP contribution >= 0.6 is 0 Å². The van der Waals surface area contributed by atoms with E-state index in [1.54, 1.807) is 31.2 Å². The van der Waals surface area contributed by atoms with Gasteiger partial charge in [0, 0.05) is 26.0 Å². The van der Waals surface area contributed by atoms with Crippen LogP contribution in [0, 0.1) is 5.82 Å². The molecule has 2 rings (SSSR count). The molecule has 0 aliphatic heterocycles. The Hall–Kier alpha value is -3.27. The van der Waals surface area contributed by atoms with E-state index in [2.05, 4.69) is 0 Å². The van der Waals surface area contributed by atoms with Crippen LogP contribution in [0.25, 0.3) is 0 Å². The Labute approximate surface area is 221 Å². The molecule has 210 valence electrons. The van der Waals surface area contributed by atoms with E-state index in [1.165, 1.54) is 29.2 Å². The summed E-state index contributed by atoms with van der Waals surface area (Å²) in [5.74, 6) is -3.58. The standard InChI is InChI=1S/C28H36F3NO6/c1-3-36-25(26(33)34)19-21-9-13-24(14-10-21)37-18-17-32(16-6-4-5-15-28(2,30)31)27(35)38-20-22-7-11-23(29)12-8-22/h7-14,25H,3-6,15-20H2,1-2H3,(H,33,34). The molecule has 2 aromatic carbocycles. The third-order valence-electron chi connectivity index (χ3n) is 5.70. The molecule has 0 fully saturated rings. The second-order valence-corrected chi connectivity index (χ2v) is 9.03. The number of unbranched alkanes of at least 4 members (excludes halogenated alkanes) is 2. The summed E-state index contributed by atoms with van der Waals surface area (Å²) in [6, 6.07) is 12.5. The van der Waals surface area contributed by atoms with E-state index in [0.717, 1.165) is 12.5 Å². The Kier molecular flexibility index (Phi) is 12.9. The molecule has 38 heavy (non-hydrogen) atoms. The van der Waals surface area contributed by atoms with Gasteiger partial charge in [-0.1, -0.05) is 30.7 Å². The van der Waals surface area contributed by atoms with Crippen molar-refractivity contribution in [3.8, 4) is 5.75 Å². The Morgan fingerprint density at radius 1 is 0.974 bits per heavy atom. The number of carboxylic acids is 1. The number of rotatable bonds is 17. The van der Waals surface area contributed by atoms with E-state index < -0.39 is 24.1 Å². The molecule has 0 radical (unpaired) electrons. The number of halogens is 3. The highest BCUT2D eigenvalue weighted by atomic mass is 19.3. The average Bonchev–Trinajstić information content (AvgIpc) is 2.87. The number of carbonyl (C=O) groups is 2. The predicted octanol–water partition coefficient (Wildman–Crippen LogP) is 6.09. The molecule has 0 saturated heterocycles. The van der Waals surface area contributed by atoms with Crippen molar-refractivity contribution >= 4 is 12.1 Å². The smallest absolute Gasteiger partial charge is 0.410 e. The highest BCUT2D eigenvalue weighted by Gasteiger charge is 2.21. The summed E-state index contributed by atoms with van der Waals surface area (Å²) in [5, 5.41) is 9.23. The van der Waals surface area contributed by atoms with Crippen molar-refractivity contribution in [2.75, 3.05) is 26.3 Å². The fourth-order valence-electron chi connectivity index (χ4n) is 3.65. The van der Waals surface area contributed by atoms with E-state index in [-0.39, 0.29) is 38.4 Å². The minimum Gasteiger partial charge on any atom is -0.492 e. The lowest BCUT2D eigenvalue weighted by Crippen LogP contribution is -2.36. The van der Waals surface area contributed by atoms with Crippen LogP contribution in [0.3, 0.4) is 0 Å². The normalized spacial score (nSPS) is 12.1. The zero-order valence-electron chi connectivity index (χ0n) is 21.8. The summed E-state index contributed by atoms with van der Waals surface area (Å²) < 4.78 is 55.6. The van der Waals surface area contributed by atoms with Gasteiger partial charge >= 0.3 is 12.1 Å². The first-order valence-corrected chi connectivity index (χ1v) is 12.7. The van der Waals surface area contributed by atoms with Crippen LogP contribution < -0.4 is 4.74 Å². The molecule has 0 aliphatic rings. The summed E-state index contributed by atoms with van der Waals surface area (Å²) in [7, 11) is 0. The molecule has 7 nitrogen and oxygen atoms in total. The molecule has 0 saturated carbocycles. The summed E-state index contributed by atoms with van der Waals surface area (Å²) in [5.41, 5.74) is 1.41. The number of nitrogens with zero attached hydrogens (tertiary/aromatic N) is 1. The van der Waals surface area contributed by atoms with E-state index in [9.17, 15) is 27.9 Å². The van der Waals surface area contributed by atoms with Crippen molar-refractivity contribution in [1.82, 2.24) is 4.90 Å². The second kappa shape index (κ2) is 15.9. The van der Waals surface area contributed by atoms with E-state index in [1.807, 2.05) is 0 Å². The zero-order chi connectivity index (χ0) is 28.0. The Morgan fingerprint density at radius 2 is 1.63 bits per heavy atom. The monoisotopic (exact) mass is 539 g/mol. The van der Waals surface area contributed by atoms with Gasteiger partial charge in [0.05, 0.1) is 6.54 Å². The van der Waals surface area contributed by atoms with E-state index in [0.29, 0.717) is 43.7 Å². The average molecular weight is 540 g/mol. The lowest BCUT2D eigenvalue weighted by atomic mass is 10.1. The van der Waals surface area contributed by atoms with Crippen molar-refractivity contribution in [2.24, 2.45) is 0 Å². The molecule has 1 amide bonds. The molecule has 0 bridgehead atoms. The maximum absolute atomic E-state index is 13.1. The molecule has 10 heteroatoms. The maximum Gasteiger partial charge on any atom is 0.410 e. The number of carbonyl (C=O) groups excluding carboxylic acids is 1. The van der Waals surface area contributed by atoms with Gasteiger partial charge in [-0.3, -0.25) is 0 Å². The quantitative estimate of drug-likeness (QED) is 0.245. The number of aliphatic carboxylic acids is 1. The number of hydrogen-bond donors (Lipinski definition) is 1. The topological polar surface area (TPSA) is 85.3 Å². The largest absolute Gasteiger partial charge is 0.492 e. The molecule has 1 unspecified atom stereocenters. The number of alkyl halides is 2. The van der Waals surface area contributed by atoms with Crippen molar-refractivity contribution in [2.45, 2.75) is 64.6 Å². The second-order valence-electron chi connectivity index (χ2n) is 9.03. The van der Waals surface area contributed by atoms with Crippen LogP contribution in [0.1, 0.15) is 50.7 Å². The van der Waals surface area contributed by atoms with Crippen LogP contribution in [0.2, 0.25) is 0 Å². The van der Waals surface area contributed by atoms with Crippen LogP contribution in [0.4, 0.5) is 18.0 Å². The first-order chi connectivity index (χ1) is 18.1. The molecule has 0 heterocycles. The van der Waals surface area contributed by atoms with Crippen LogP contribution in [0.15, 0.2) is 48.5 Å². The third kappa shape index (κ3) is 12.3. The van der Waals surface area contributed by atoms with Gasteiger partial charge in [0.15, 0.2) is 6.10 Å². The molecule has 0 aliphatic carbocycles. The lowest BCUT2D eigenvalue weighted by molar-refractivity contribution is -0.149. The van der Waals surface area contributed by atoms with Crippen molar-refractivity contribution in [1.29, 1.82) is 0 Å². The van der Waals surface area contributed by atoms with Gasteiger partial charge < -0.3 is 24.2 Å². The van der Waals surface area contributed by atoms with Crippen molar-refractivity contribution in [3.05, 3.63) is 65.5 Å². The first-order valence-electron chi connectivity index (χ1n) is 12.7. The van der Waals surface area contributed by atoms with E-state index in [4.69, 9.17) is 14.2 Å². The van der Waals surface area contributed by atoms with Gasteiger partial charge in [0.2, 0.25) is 5.92 Å². The lowest BCUT2D eigenvalue weighted by Gasteiger charge is -2.22.